The summed E-state index contributed by atoms with van der Waals surface area (Å²) < 4.78 is 0. The molecule has 90 valence electrons. The minimum absolute atomic E-state index is 0.0305. The van der Waals surface area contributed by atoms with Crippen LogP contribution in [-0.4, -0.2) is 17.0 Å². The van der Waals surface area contributed by atoms with Gasteiger partial charge in [0.05, 0.1) is 12.0 Å². The van der Waals surface area contributed by atoms with Gasteiger partial charge in [0.1, 0.15) is 0 Å². The van der Waals surface area contributed by atoms with Crippen molar-refractivity contribution in [3.05, 3.63) is 35.4 Å². The standard InChI is InChI=1S/C13H15NO3/c1-9(15)14-13(6-7-13)11-4-2-10(3-5-11)8-12(16)17/h2-5H,6-8H2,1H3,(H,14,15)(H,16,17). The minimum Gasteiger partial charge on any atom is -0.481 e. The number of benzene rings is 1. The molecule has 2 rings (SSSR count). The summed E-state index contributed by atoms with van der Waals surface area (Å²) in [5, 5.41) is 11.6. The van der Waals surface area contributed by atoms with E-state index in [1.807, 2.05) is 24.3 Å². The summed E-state index contributed by atoms with van der Waals surface area (Å²) in [5.41, 5.74) is 1.63. The second-order valence-corrected chi connectivity index (χ2v) is 4.53. The molecule has 1 saturated carbocycles. The molecular formula is C13H15NO3. The number of amides is 1. The van der Waals surface area contributed by atoms with Gasteiger partial charge in [-0.25, -0.2) is 0 Å². The van der Waals surface area contributed by atoms with E-state index in [4.69, 9.17) is 5.11 Å². The fourth-order valence-corrected chi connectivity index (χ4v) is 2.06. The molecule has 0 heterocycles. The molecule has 1 amide bonds. The molecule has 0 radical (unpaired) electrons. The first-order valence-corrected chi connectivity index (χ1v) is 5.62. The summed E-state index contributed by atoms with van der Waals surface area (Å²) in [6, 6.07) is 7.43. The number of carbonyl (C=O) groups excluding carboxylic acids is 1. The molecule has 1 aromatic rings. The first kappa shape index (κ1) is 11.6. The number of aliphatic carboxylic acids is 1. The lowest BCUT2D eigenvalue weighted by atomic mass is 10.0. The van der Waals surface area contributed by atoms with Crippen LogP contribution in [0.1, 0.15) is 30.9 Å². The lowest BCUT2D eigenvalue weighted by Crippen LogP contribution is -2.32. The van der Waals surface area contributed by atoms with Crippen molar-refractivity contribution in [2.24, 2.45) is 0 Å². The van der Waals surface area contributed by atoms with Crippen LogP contribution in [0.2, 0.25) is 0 Å². The highest BCUT2D eigenvalue weighted by atomic mass is 16.4. The molecule has 4 nitrogen and oxygen atoms in total. The van der Waals surface area contributed by atoms with Crippen LogP contribution in [-0.2, 0) is 21.5 Å². The zero-order valence-corrected chi connectivity index (χ0v) is 9.69. The second kappa shape index (κ2) is 4.20. The monoisotopic (exact) mass is 233 g/mol. The molecule has 1 aromatic carbocycles. The molecule has 0 saturated heterocycles. The molecule has 0 bridgehead atoms. The molecule has 1 fully saturated rings. The lowest BCUT2D eigenvalue weighted by molar-refractivity contribution is -0.136. The quantitative estimate of drug-likeness (QED) is 0.827. The fourth-order valence-electron chi connectivity index (χ4n) is 2.06. The summed E-state index contributed by atoms with van der Waals surface area (Å²) in [4.78, 5) is 21.6. The smallest absolute Gasteiger partial charge is 0.307 e. The minimum atomic E-state index is -0.833. The van der Waals surface area contributed by atoms with Crippen LogP contribution in [0.4, 0.5) is 0 Å². The number of nitrogens with one attached hydrogen (secondary N) is 1. The van der Waals surface area contributed by atoms with E-state index in [0.717, 1.165) is 24.0 Å². The zero-order chi connectivity index (χ0) is 12.5. The van der Waals surface area contributed by atoms with Gasteiger partial charge in [-0.1, -0.05) is 24.3 Å². The summed E-state index contributed by atoms with van der Waals surface area (Å²) in [7, 11) is 0. The van der Waals surface area contributed by atoms with E-state index < -0.39 is 5.97 Å². The second-order valence-electron chi connectivity index (χ2n) is 4.53. The van der Waals surface area contributed by atoms with Crippen molar-refractivity contribution in [1.29, 1.82) is 0 Å². The van der Waals surface area contributed by atoms with Crippen molar-refractivity contribution in [2.45, 2.75) is 31.7 Å². The molecule has 0 aliphatic heterocycles. The van der Waals surface area contributed by atoms with Crippen LogP contribution in [0.5, 0.6) is 0 Å². The Hall–Kier alpha value is -1.84. The number of hydrogen-bond acceptors (Lipinski definition) is 2. The summed E-state index contributed by atoms with van der Waals surface area (Å²) >= 11 is 0. The van der Waals surface area contributed by atoms with E-state index in [1.165, 1.54) is 6.92 Å². The summed E-state index contributed by atoms with van der Waals surface area (Å²) in [5.74, 6) is -0.863. The number of carboxylic acid groups (broad SMARTS) is 1. The Balaban J connectivity index is 2.13. The van der Waals surface area contributed by atoms with Crippen molar-refractivity contribution in [3.63, 3.8) is 0 Å². The Morgan fingerprint density at radius 3 is 2.29 bits per heavy atom. The van der Waals surface area contributed by atoms with Crippen LogP contribution >= 0.6 is 0 Å². The molecule has 0 aromatic heterocycles. The van der Waals surface area contributed by atoms with E-state index in [-0.39, 0.29) is 17.9 Å². The van der Waals surface area contributed by atoms with Gasteiger partial charge in [0.2, 0.25) is 5.91 Å². The van der Waals surface area contributed by atoms with Crippen LogP contribution in [0.15, 0.2) is 24.3 Å². The van der Waals surface area contributed by atoms with Gasteiger partial charge in [-0.05, 0) is 24.0 Å². The predicted molar refractivity (Wildman–Crippen MR) is 62.5 cm³/mol. The summed E-state index contributed by atoms with van der Waals surface area (Å²) in [6.07, 6.45) is 1.93. The Bertz CT molecular complexity index is 446. The number of hydrogen-bond donors (Lipinski definition) is 2. The number of rotatable bonds is 4. The van der Waals surface area contributed by atoms with E-state index >= 15 is 0 Å². The molecule has 2 N–H and O–H groups in total. The molecule has 17 heavy (non-hydrogen) atoms. The third-order valence-electron chi connectivity index (χ3n) is 3.03. The third kappa shape index (κ3) is 2.64. The fraction of sp³-hybridized carbons (Fsp3) is 0.385. The number of carboxylic acids is 1. The van der Waals surface area contributed by atoms with Crippen molar-refractivity contribution in [1.82, 2.24) is 5.32 Å². The van der Waals surface area contributed by atoms with Crippen LogP contribution in [0, 0.1) is 0 Å². The highest BCUT2D eigenvalue weighted by molar-refractivity contribution is 5.75. The van der Waals surface area contributed by atoms with Crippen molar-refractivity contribution < 1.29 is 14.7 Å². The molecule has 1 aliphatic rings. The van der Waals surface area contributed by atoms with Gasteiger partial charge < -0.3 is 10.4 Å². The van der Waals surface area contributed by atoms with Crippen molar-refractivity contribution in [2.75, 3.05) is 0 Å². The van der Waals surface area contributed by atoms with Gasteiger partial charge in [-0.3, -0.25) is 9.59 Å². The van der Waals surface area contributed by atoms with Gasteiger partial charge in [0, 0.05) is 6.92 Å². The van der Waals surface area contributed by atoms with E-state index in [0.29, 0.717) is 0 Å². The topological polar surface area (TPSA) is 66.4 Å². The Labute approximate surface area is 99.6 Å². The maximum atomic E-state index is 11.1. The van der Waals surface area contributed by atoms with E-state index in [1.54, 1.807) is 0 Å². The Morgan fingerprint density at radius 2 is 1.88 bits per heavy atom. The Morgan fingerprint density at radius 1 is 1.29 bits per heavy atom. The van der Waals surface area contributed by atoms with Crippen molar-refractivity contribution in [3.8, 4) is 0 Å². The molecule has 0 unspecified atom stereocenters. The molecular weight excluding hydrogens is 218 g/mol. The molecule has 1 aliphatic carbocycles. The van der Waals surface area contributed by atoms with Gasteiger partial charge >= 0.3 is 5.97 Å². The largest absolute Gasteiger partial charge is 0.481 e. The maximum Gasteiger partial charge on any atom is 0.307 e. The average molecular weight is 233 g/mol. The SMILES string of the molecule is CC(=O)NC1(c2ccc(CC(=O)O)cc2)CC1. The average Bonchev–Trinajstić information content (AvgIpc) is 2.98. The van der Waals surface area contributed by atoms with E-state index in [9.17, 15) is 9.59 Å². The van der Waals surface area contributed by atoms with E-state index in [2.05, 4.69) is 5.32 Å². The van der Waals surface area contributed by atoms with Crippen LogP contribution in [0.3, 0.4) is 0 Å². The van der Waals surface area contributed by atoms with Gasteiger partial charge in [0.25, 0.3) is 0 Å². The first-order chi connectivity index (χ1) is 8.02. The highest BCUT2D eigenvalue weighted by Crippen LogP contribution is 2.45. The van der Waals surface area contributed by atoms with Crippen molar-refractivity contribution >= 4 is 11.9 Å². The highest BCUT2D eigenvalue weighted by Gasteiger charge is 2.44. The molecule has 0 spiro atoms. The van der Waals surface area contributed by atoms with Crippen LogP contribution in [0.25, 0.3) is 0 Å². The maximum absolute atomic E-state index is 11.1. The Kier molecular flexibility index (Phi) is 2.88. The van der Waals surface area contributed by atoms with Gasteiger partial charge in [-0.2, -0.15) is 0 Å². The molecule has 0 atom stereocenters. The third-order valence-corrected chi connectivity index (χ3v) is 3.03. The lowest BCUT2D eigenvalue weighted by Gasteiger charge is -2.16. The van der Waals surface area contributed by atoms with Gasteiger partial charge in [0.15, 0.2) is 0 Å². The number of carbonyl (C=O) groups is 2. The summed E-state index contributed by atoms with van der Waals surface area (Å²) in [6.45, 7) is 1.51. The first-order valence-electron chi connectivity index (χ1n) is 5.62. The normalized spacial score (nSPS) is 16.3. The molecule has 4 heteroatoms. The van der Waals surface area contributed by atoms with Crippen LogP contribution < -0.4 is 5.32 Å². The van der Waals surface area contributed by atoms with Gasteiger partial charge in [-0.15, -0.1) is 0 Å². The predicted octanol–water partition coefficient (Wildman–Crippen LogP) is 1.44. The zero-order valence-electron chi connectivity index (χ0n) is 9.69.